The van der Waals surface area contributed by atoms with Crippen molar-refractivity contribution in [3.63, 3.8) is 0 Å². The van der Waals surface area contributed by atoms with E-state index in [1.165, 1.54) is 25.7 Å². The number of hydrogen-bond donors (Lipinski definition) is 1. The monoisotopic (exact) mass is 233 g/mol. The van der Waals surface area contributed by atoms with Crippen molar-refractivity contribution in [2.75, 3.05) is 5.32 Å². The molecule has 0 bridgehead atoms. The number of aromatic nitrogens is 2. The zero-order chi connectivity index (χ0) is 12.0. The number of anilines is 1. The van der Waals surface area contributed by atoms with Gasteiger partial charge in [-0.25, -0.2) is 4.98 Å². The average Bonchev–Trinajstić information content (AvgIpc) is 3.14. The molecule has 3 rings (SSSR count). The quantitative estimate of drug-likeness (QED) is 0.845. The van der Waals surface area contributed by atoms with Gasteiger partial charge in [0.05, 0.1) is 5.69 Å². The van der Waals surface area contributed by atoms with Crippen molar-refractivity contribution in [1.82, 2.24) is 9.55 Å². The molecule has 0 amide bonds. The predicted octanol–water partition coefficient (Wildman–Crippen LogP) is 3.37. The van der Waals surface area contributed by atoms with Crippen molar-refractivity contribution in [3.8, 4) is 0 Å². The van der Waals surface area contributed by atoms with Gasteiger partial charge in [0, 0.05) is 18.3 Å². The maximum atomic E-state index is 4.64. The van der Waals surface area contributed by atoms with Gasteiger partial charge in [-0.15, -0.1) is 0 Å². The number of hydrogen-bond acceptors (Lipinski definition) is 2. The first-order valence-electron chi connectivity index (χ1n) is 6.97. The summed E-state index contributed by atoms with van der Waals surface area (Å²) in [4.78, 5) is 4.64. The molecule has 1 N–H and O–H groups in total. The largest absolute Gasteiger partial charge is 0.352 e. The fraction of sp³-hybridized carbons (Fsp3) is 0.786. The molecule has 0 radical (unpaired) electrons. The van der Waals surface area contributed by atoms with Gasteiger partial charge in [0.1, 0.15) is 0 Å². The van der Waals surface area contributed by atoms with Crippen molar-refractivity contribution < 1.29 is 0 Å². The van der Waals surface area contributed by atoms with Gasteiger partial charge in [0.2, 0.25) is 5.95 Å². The molecule has 2 fully saturated rings. The van der Waals surface area contributed by atoms with Crippen LogP contribution < -0.4 is 5.32 Å². The van der Waals surface area contributed by atoms with Gasteiger partial charge in [-0.2, -0.15) is 0 Å². The van der Waals surface area contributed by atoms with E-state index in [0.29, 0.717) is 12.1 Å². The summed E-state index contributed by atoms with van der Waals surface area (Å²) in [5.41, 5.74) is 1.12. The van der Waals surface area contributed by atoms with E-state index < -0.39 is 0 Å². The summed E-state index contributed by atoms with van der Waals surface area (Å²) >= 11 is 0. The van der Waals surface area contributed by atoms with Gasteiger partial charge in [-0.05, 0) is 58.3 Å². The third-order valence-corrected chi connectivity index (χ3v) is 3.96. The highest BCUT2D eigenvalue weighted by molar-refractivity contribution is 5.32. The van der Waals surface area contributed by atoms with Crippen LogP contribution in [-0.2, 0) is 0 Å². The zero-order valence-corrected chi connectivity index (χ0v) is 11.1. The van der Waals surface area contributed by atoms with Crippen LogP contribution in [0.15, 0.2) is 6.20 Å². The molecule has 0 atom stereocenters. The third kappa shape index (κ3) is 2.33. The number of nitrogens with one attached hydrogen (secondary N) is 1. The van der Waals surface area contributed by atoms with Crippen LogP contribution >= 0.6 is 0 Å². The molecule has 0 unspecified atom stereocenters. The topological polar surface area (TPSA) is 29.9 Å². The van der Waals surface area contributed by atoms with E-state index in [1.54, 1.807) is 0 Å². The Morgan fingerprint density at radius 2 is 1.82 bits per heavy atom. The number of aryl methyl sites for hydroxylation is 1. The maximum absolute atomic E-state index is 4.64. The minimum Gasteiger partial charge on any atom is -0.352 e. The second kappa shape index (κ2) is 4.04. The van der Waals surface area contributed by atoms with Crippen LogP contribution in [0.25, 0.3) is 0 Å². The van der Waals surface area contributed by atoms with E-state index >= 15 is 0 Å². The van der Waals surface area contributed by atoms with Gasteiger partial charge >= 0.3 is 0 Å². The average molecular weight is 233 g/mol. The van der Waals surface area contributed by atoms with E-state index in [4.69, 9.17) is 0 Å². The van der Waals surface area contributed by atoms with E-state index in [-0.39, 0.29) is 0 Å². The van der Waals surface area contributed by atoms with Crippen LogP contribution in [0.5, 0.6) is 0 Å². The Bertz CT molecular complexity index is 388. The Morgan fingerprint density at radius 3 is 2.29 bits per heavy atom. The summed E-state index contributed by atoms with van der Waals surface area (Å²) in [7, 11) is 0. The Hall–Kier alpha value is -0.990. The molecule has 94 valence electrons. The van der Waals surface area contributed by atoms with Crippen LogP contribution in [0.1, 0.15) is 51.3 Å². The number of imidazole rings is 1. The molecule has 1 aromatic heterocycles. The maximum Gasteiger partial charge on any atom is 0.203 e. The first-order valence-corrected chi connectivity index (χ1v) is 6.97. The van der Waals surface area contributed by atoms with Crippen molar-refractivity contribution in [1.29, 1.82) is 0 Å². The van der Waals surface area contributed by atoms with Crippen LogP contribution in [0, 0.1) is 18.8 Å². The summed E-state index contributed by atoms with van der Waals surface area (Å²) in [5, 5.41) is 3.73. The Kier molecular flexibility index (Phi) is 2.64. The van der Waals surface area contributed by atoms with Gasteiger partial charge in [0.25, 0.3) is 0 Å². The molecule has 17 heavy (non-hydrogen) atoms. The first kappa shape index (κ1) is 11.1. The van der Waals surface area contributed by atoms with E-state index in [1.807, 2.05) is 0 Å². The number of nitrogens with zero attached hydrogens (tertiary/aromatic N) is 2. The molecule has 0 aromatic carbocycles. The number of rotatable bonds is 5. The third-order valence-electron chi connectivity index (χ3n) is 3.96. The van der Waals surface area contributed by atoms with E-state index in [9.17, 15) is 0 Å². The Morgan fingerprint density at radius 1 is 1.24 bits per heavy atom. The summed E-state index contributed by atoms with van der Waals surface area (Å²) in [6.45, 7) is 6.51. The lowest BCUT2D eigenvalue weighted by Gasteiger charge is -2.20. The molecule has 1 aromatic rings. The second-order valence-corrected chi connectivity index (χ2v) is 6.05. The molecule has 3 heteroatoms. The SMILES string of the molecule is Cc1cn(C(C)C)c(NC(C2CC2)C2CC2)n1. The standard InChI is InChI=1S/C14H23N3/c1-9(2)17-8-10(3)15-14(17)16-13(11-4-5-11)12-6-7-12/h8-9,11-13H,4-7H2,1-3H3,(H,15,16). The summed E-state index contributed by atoms with van der Waals surface area (Å²) in [6, 6.07) is 1.17. The summed E-state index contributed by atoms with van der Waals surface area (Å²) in [5.74, 6) is 2.92. The van der Waals surface area contributed by atoms with Gasteiger partial charge in [-0.3, -0.25) is 0 Å². The summed E-state index contributed by atoms with van der Waals surface area (Å²) < 4.78 is 2.27. The highest BCUT2D eigenvalue weighted by Crippen LogP contribution is 2.45. The molecular formula is C14H23N3. The summed E-state index contributed by atoms with van der Waals surface area (Å²) in [6.07, 6.45) is 7.81. The molecule has 0 spiro atoms. The highest BCUT2D eigenvalue weighted by atomic mass is 15.2. The highest BCUT2D eigenvalue weighted by Gasteiger charge is 2.42. The molecule has 2 saturated carbocycles. The van der Waals surface area contributed by atoms with Crippen LogP contribution in [0.2, 0.25) is 0 Å². The minimum absolute atomic E-state index is 0.484. The smallest absolute Gasteiger partial charge is 0.203 e. The van der Waals surface area contributed by atoms with Gasteiger partial charge in [-0.1, -0.05) is 0 Å². The lowest BCUT2D eigenvalue weighted by atomic mass is 10.1. The second-order valence-electron chi connectivity index (χ2n) is 6.05. The lowest BCUT2D eigenvalue weighted by Crippen LogP contribution is -2.26. The van der Waals surface area contributed by atoms with Crippen molar-refractivity contribution in [2.45, 2.75) is 58.5 Å². The molecule has 3 nitrogen and oxygen atoms in total. The van der Waals surface area contributed by atoms with Crippen molar-refractivity contribution in [2.24, 2.45) is 11.8 Å². The first-order chi connectivity index (χ1) is 8.15. The van der Waals surface area contributed by atoms with Crippen LogP contribution in [-0.4, -0.2) is 15.6 Å². The zero-order valence-electron chi connectivity index (χ0n) is 11.1. The van der Waals surface area contributed by atoms with E-state index in [2.05, 4.69) is 41.8 Å². The molecule has 2 aliphatic carbocycles. The Balaban J connectivity index is 1.78. The molecule has 1 heterocycles. The van der Waals surface area contributed by atoms with Crippen molar-refractivity contribution >= 4 is 5.95 Å². The molecular weight excluding hydrogens is 210 g/mol. The Labute approximate surface area is 104 Å². The molecule has 0 aliphatic heterocycles. The minimum atomic E-state index is 0.484. The fourth-order valence-electron chi connectivity index (χ4n) is 2.70. The molecule has 0 saturated heterocycles. The van der Waals surface area contributed by atoms with Crippen LogP contribution in [0.4, 0.5) is 5.95 Å². The molecule has 2 aliphatic rings. The fourth-order valence-corrected chi connectivity index (χ4v) is 2.70. The van der Waals surface area contributed by atoms with Gasteiger partial charge < -0.3 is 9.88 Å². The lowest BCUT2D eigenvalue weighted by molar-refractivity contribution is 0.543. The normalized spacial score (nSPS) is 20.3. The predicted molar refractivity (Wildman–Crippen MR) is 70.2 cm³/mol. The van der Waals surface area contributed by atoms with Crippen LogP contribution in [0.3, 0.4) is 0 Å². The van der Waals surface area contributed by atoms with Gasteiger partial charge in [0.15, 0.2) is 0 Å². The van der Waals surface area contributed by atoms with Crippen molar-refractivity contribution in [3.05, 3.63) is 11.9 Å². The van der Waals surface area contributed by atoms with E-state index in [0.717, 1.165) is 23.5 Å².